The van der Waals surface area contributed by atoms with Crippen LogP contribution in [0.25, 0.3) is 0 Å². The number of carbonyl (C=O) groups is 2. The second-order valence-electron chi connectivity index (χ2n) is 3.91. The van der Waals surface area contributed by atoms with Crippen LogP contribution in [0.4, 0.5) is 5.69 Å². The Morgan fingerprint density at radius 2 is 2.15 bits per heavy atom. The van der Waals surface area contributed by atoms with E-state index in [2.05, 4.69) is 10.6 Å². The number of nitrogens with zero attached hydrogens (tertiary/aromatic N) is 1. The van der Waals surface area contributed by atoms with Crippen LogP contribution in [0.15, 0.2) is 30.0 Å². The summed E-state index contributed by atoms with van der Waals surface area (Å²) in [5, 5.41) is 31.5. The molecule has 1 rings (SSSR count). The van der Waals surface area contributed by atoms with Crippen molar-refractivity contribution >= 4 is 17.6 Å². The number of aliphatic carboxylic acids is 1. The van der Waals surface area contributed by atoms with Crippen molar-refractivity contribution in [1.29, 1.82) is 5.26 Å². The van der Waals surface area contributed by atoms with Crippen molar-refractivity contribution in [2.24, 2.45) is 0 Å². The number of rotatable bonds is 5. The lowest BCUT2D eigenvalue weighted by molar-refractivity contribution is -0.137. The lowest BCUT2D eigenvalue weighted by Gasteiger charge is -2.06. The van der Waals surface area contributed by atoms with Gasteiger partial charge < -0.3 is 20.8 Å². The maximum atomic E-state index is 11.5. The second kappa shape index (κ2) is 6.80. The summed E-state index contributed by atoms with van der Waals surface area (Å²) in [5.41, 5.74) is 0.920. The molecule has 7 nitrogen and oxygen atoms in total. The highest BCUT2D eigenvalue weighted by molar-refractivity contribution is 5.98. The quantitative estimate of drug-likeness (QED) is 0.357. The fourth-order valence-corrected chi connectivity index (χ4v) is 1.32. The molecule has 0 bridgehead atoms. The minimum absolute atomic E-state index is 0.0323. The van der Waals surface area contributed by atoms with Gasteiger partial charge in [-0.05, 0) is 24.6 Å². The SMILES string of the molecule is Cc1ccc(O)c(N/C=C(/C#N)C(=O)NCC(=O)O)c1. The van der Waals surface area contributed by atoms with E-state index < -0.39 is 18.4 Å². The molecule has 0 aliphatic carbocycles. The van der Waals surface area contributed by atoms with Crippen molar-refractivity contribution in [3.8, 4) is 11.8 Å². The molecule has 0 atom stereocenters. The maximum Gasteiger partial charge on any atom is 0.322 e. The number of benzene rings is 1. The number of amides is 1. The molecule has 7 heteroatoms. The Kier molecular flexibility index (Phi) is 5.12. The number of nitriles is 1. The number of carboxylic acid groups (broad SMARTS) is 1. The Morgan fingerprint density at radius 3 is 2.75 bits per heavy atom. The van der Waals surface area contributed by atoms with Gasteiger partial charge in [-0.2, -0.15) is 5.26 Å². The number of nitrogens with one attached hydrogen (secondary N) is 2. The predicted molar refractivity (Wildman–Crippen MR) is 70.8 cm³/mol. The largest absolute Gasteiger partial charge is 0.506 e. The Balaban J connectivity index is 2.80. The molecule has 0 saturated carbocycles. The van der Waals surface area contributed by atoms with Crippen molar-refractivity contribution in [3.05, 3.63) is 35.5 Å². The lowest BCUT2D eigenvalue weighted by Crippen LogP contribution is -2.30. The first-order valence-corrected chi connectivity index (χ1v) is 5.60. The second-order valence-corrected chi connectivity index (χ2v) is 3.91. The zero-order chi connectivity index (χ0) is 15.1. The molecule has 1 aromatic rings. The molecule has 0 aliphatic rings. The molecule has 0 heterocycles. The normalized spacial score (nSPS) is 10.5. The third-order valence-electron chi connectivity index (χ3n) is 2.29. The molecule has 0 fully saturated rings. The first kappa shape index (κ1) is 15.0. The molecule has 1 amide bonds. The van der Waals surface area contributed by atoms with Crippen LogP contribution in [0.1, 0.15) is 5.56 Å². The van der Waals surface area contributed by atoms with Gasteiger partial charge in [-0.25, -0.2) is 0 Å². The summed E-state index contributed by atoms with van der Waals surface area (Å²) in [4.78, 5) is 21.8. The molecule has 20 heavy (non-hydrogen) atoms. The highest BCUT2D eigenvalue weighted by Gasteiger charge is 2.10. The van der Waals surface area contributed by atoms with E-state index in [1.807, 2.05) is 6.92 Å². The van der Waals surface area contributed by atoms with Gasteiger partial charge in [0.2, 0.25) is 0 Å². The fourth-order valence-electron chi connectivity index (χ4n) is 1.32. The summed E-state index contributed by atoms with van der Waals surface area (Å²) >= 11 is 0. The topological polar surface area (TPSA) is 122 Å². The highest BCUT2D eigenvalue weighted by atomic mass is 16.4. The van der Waals surface area contributed by atoms with Crippen molar-refractivity contribution in [1.82, 2.24) is 5.32 Å². The van der Waals surface area contributed by atoms with Gasteiger partial charge in [0.25, 0.3) is 5.91 Å². The summed E-state index contributed by atoms with van der Waals surface area (Å²) in [6.07, 6.45) is 1.10. The first-order chi connectivity index (χ1) is 9.43. The number of carboxylic acids is 1. The van der Waals surface area contributed by atoms with Gasteiger partial charge in [0.15, 0.2) is 0 Å². The number of hydrogen-bond donors (Lipinski definition) is 4. The molecular formula is C13H13N3O4. The van der Waals surface area contributed by atoms with Crippen LogP contribution < -0.4 is 10.6 Å². The van der Waals surface area contributed by atoms with Crippen LogP contribution in [-0.2, 0) is 9.59 Å². The smallest absolute Gasteiger partial charge is 0.322 e. The summed E-state index contributed by atoms with van der Waals surface area (Å²) in [5.74, 6) is -2.05. The van der Waals surface area contributed by atoms with E-state index in [4.69, 9.17) is 10.4 Å². The van der Waals surface area contributed by atoms with E-state index in [1.54, 1.807) is 18.2 Å². The average molecular weight is 275 g/mol. The van der Waals surface area contributed by atoms with Gasteiger partial charge in [-0.15, -0.1) is 0 Å². The van der Waals surface area contributed by atoms with Gasteiger partial charge in [0.1, 0.15) is 23.9 Å². The Labute approximate surface area is 115 Å². The van der Waals surface area contributed by atoms with Gasteiger partial charge in [-0.3, -0.25) is 9.59 Å². The minimum atomic E-state index is -1.21. The van der Waals surface area contributed by atoms with Gasteiger partial charge >= 0.3 is 5.97 Å². The van der Waals surface area contributed by atoms with E-state index in [1.165, 1.54) is 6.07 Å². The fraction of sp³-hybridized carbons (Fsp3) is 0.154. The summed E-state index contributed by atoms with van der Waals surface area (Å²) in [6.45, 7) is 1.24. The molecule has 0 saturated heterocycles. The van der Waals surface area contributed by atoms with E-state index in [9.17, 15) is 14.7 Å². The van der Waals surface area contributed by atoms with Crippen LogP contribution in [0.5, 0.6) is 5.75 Å². The van der Waals surface area contributed by atoms with Crippen LogP contribution >= 0.6 is 0 Å². The van der Waals surface area contributed by atoms with Gasteiger partial charge in [-0.1, -0.05) is 6.07 Å². The number of aryl methyl sites for hydroxylation is 1. The van der Waals surface area contributed by atoms with Crippen molar-refractivity contribution in [3.63, 3.8) is 0 Å². The zero-order valence-electron chi connectivity index (χ0n) is 10.7. The number of hydrogen-bond acceptors (Lipinski definition) is 5. The Morgan fingerprint density at radius 1 is 1.45 bits per heavy atom. The van der Waals surface area contributed by atoms with Crippen LogP contribution in [0.3, 0.4) is 0 Å². The molecular weight excluding hydrogens is 262 g/mol. The maximum absolute atomic E-state index is 11.5. The van der Waals surface area contributed by atoms with E-state index in [0.29, 0.717) is 5.69 Å². The van der Waals surface area contributed by atoms with Crippen molar-refractivity contribution in [2.45, 2.75) is 6.92 Å². The molecule has 0 aliphatic heterocycles. The Bertz CT molecular complexity index is 602. The molecule has 0 aromatic heterocycles. The standard InChI is InChI=1S/C13H13N3O4/c1-8-2-3-11(17)10(4-8)15-6-9(5-14)13(20)16-7-12(18)19/h2-4,6,15,17H,7H2,1H3,(H,16,20)(H,18,19)/b9-6-. The predicted octanol–water partition coefficient (Wildman–Crippen LogP) is 0.721. The van der Waals surface area contributed by atoms with Crippen molar-refractivity contribution < 1.29 is 19.8 Å². The Hall–Kier alpha value is -3.01. The van der Waals surface area contributed by atoms with E-state index in [-0.39, 0.29) is 11.3 Å². The minimum Gasteiger partial charge on any atom is -0.506 e. The number of aromatic hydroxyl groups is 1. The molecule has 104 valence electrons. The summed E-state index contributed by atoms with van der Waals surface area (Å²) in [7, 11) is 0. The van der Waals surface area contributed by atoms with Crippen LogP contribution in [0, 0.1) is 18.3 Å². The zero-order valence-corrected chi connectivity index (χ0v) is 10.7. The highest BCUT2D eigenvalue weighted by Crippen LogP contribution is 2.23. The third kappa shape index (κ3) is 4.34. The van der Waals surface area contributed by atoms with Crippen LogP contribution in [0.2, 0.25) is 0 Å². The van der Waals surface area contributed by atoms with Gasteiger partial charge in [0.05, 0.1) is 5.69 Å². The summed E-state index contributed by atoms with van der Waals surface area (Å²) in [6, 6.07) is 6.45. The number of phenolic OH excluding ortho intramolecular Hbond substituents is 1. The number of carbonyl (C=O) groups excluding carboxylic acids is 1. The van der Waals surface area contributed by atoms with Gasteiger partial charge in [0, 0.05) is 6.20 Å². The molecule has 0 radical (unpaired) electrons. The number of anilines is 1. The number of phenols is 1. The molecule has 1 aromatic carbocycles. The summed E-state index contributed by atoms with van der Waals surface area (Å²) < 4.78 is 0. The van der Waals surface area contributed by atoms with Crippen molar-refractivity contribution in [2.75, 3.05) is 11.9 Å². The first-order valence-electron chi connectivity index (χ1n) is 5.60. The third-order valence-corrected chi connectivity index (χ3v) is 2.29. The molecule has 4 N–H and O–H groups in total. The monoisotopic (exact) mass is 275 g/mol. The lowest BCUT2D eigenvalue weighted by atomic mass is 10.2. The molecule has 0 spiro atoms. The molecule has 0 unspecified atom stereocenters. The van der Waals surface area contributed by atoms with E-state index in [0.717, 1.165) is 11.8 Å². The van der Waals surface area contributed by atoms with Crippen LogP contribution in [-0.4, -0.2) is 28.6 Å². The van der Waals surface area contributed by atoms with E-state index >= 15 is 0 Å². The average Bonchev–Trinajstić information content (AvgIpc) is 2.40.